The summed E-state index contributed by atoms with van der Waals surface area (Å²) in [5.74, 6) is 2.18. The number of hydrogen-bond donors (Lipinski definition) is 0. The van der Waals surface area contributed by atoms with Gasteiger partial charge in [0.15, 0.2) is 0 Å². The zero-order valence-corrected chi connectivity index (χ0v) is 16.5. The van der Waals surface area contributed by atoms with Crippen molar-refractivity contribution in [3.05, 3.63) is 84.4 Å². The van der Waals surface area contributed by atoms with Crippen molar-refractivity contribution in [2.24, 2.45) is 0 Å². The van der Waals surface area contributed by atoms with E-state index in [2.05, 4.69) is 30.5 Å². The highest BCUT2D eigenvalue weighted by Crippen LogP contribution is 2.42. The van der Waals surface area contributed by atoms with Crippen LogP contribution in [0.4, 0.5) is 5.69 Å². The van der Waals surface area contributed by atoms with E-state index in [4.69, 9.17) is 4.74 Å². The van der Waals surface area contributed by atoms with Crippen molar-refractivity contribution in [2.45, 2.75) is 10.3 Å². The highest BCUT2D eigenvalue weighted by Gasteiger charge is 2.33. The molecule has 0 unspecified atom stereocenters. The number of anilines is 1. The van der Waals surface area contributed by atoms with E-state index < -0.39 is 0 Å². The molecule has 0 bridgehead atoms. The number of hydrogen-bond acceptors (Lipinski definition) is 4. The molecule has 3 nitrogen and oxygen atoms in total. The summed E-state index contributed by atoms with van der Waals surface area (Å²) in [4.78, 5) is 15.6. The summed E-state index contributed by atoms with van der Waals surface area (Å²) in [6.07, 6.45) is 2.06. The maximum Gasteiger partial charge on any atom is 0.238 e. The average molecular weight is 394 g/mol. The van der Waals surface area contributed by atoms with Gasteiger partial charge in [0.2, 0.25) is 5.91 Å². The molecule has 1 heterocycles. The van der Waals surface area contributed by atoms with Crippen LogP contribution in [0, 0.1) is 0 Å². The molecule has 0 saturated carbocycles. The van der Waals surface area contributed by atoms with Gasteiger partial charge in [-0.1, -0.05) is 30.3 Å². The Bertz CT molecular complexity index is 911. The van der Waals surface area contributed by atoms with Crippen molar-refractivity contribution in [1.29, 1.82) is 0 Å². The van der Waals surface area contributed by atoms with Gasteiger partial charge in [-0.2, -0.15) is 0 Å². The van der Waals surface area contributed by atoms with Gasteiger partial charge in [-0.05, 0) is 60.4 Å². The number of thioether (sulfide) groups is 2. The fourth-order valence-electron chi connectivity index (χ4n) is 3.02. The molecule has 1 amide bonds. The van der Waals surface area contributed by atoms with Gasteiger partial charge in [0, 0.05) is 10.6 Å². The number of amides is 1. The third kappa shape index (κ3) is 3.99. The Kier molecular flexibility index (Phi) is 5.41. The van der Waals surface area contributed by atoms with Crippen LogP contribution >= 0.6 is 23.5 Å². The third-order valence-electron chi connectivity index (χ3n) is 4.36. The Hall–Kier alpha value is -2.37. The van der Waals surface area contributed by atoms with E-state index in [9.17, 15) is 4.79 Å². The van der Waals surface area contributed by atoms with Crippen LogP contribution in [0.2, 0.25) is 0 Å². The predicted molar refractivity (Wildman–Crippen MR) is 114 cm³/mol. The number of ether oxygens (including phenoxy) is 1. The van der Waals surface area contributed by atoms with Crippen LogP contribution in [-0.4, -0.2) is 17.9 Å². The predicted octanol–water partition coefficient (Wildman–Crippen LogP) is 5.98. The maximum atomic E-state index is 12.5. The molecule has 3 aromatic rings. The van der Waals surface area contributed by atoms with Crippen LogP contribution in [0.5, 0.6) is 11.5 Å². The van der Waals surface area contributed by atoms with E-state index in [1.54, 1.807) is 23.5 Å². The number of rotatable bonds is 5. The van der Waals surface area contributed by atoms with Crippen LogP contribution in [0.15, 0.2) is 83.8 Å². The average Bonchev–Trinajstić information content (AvgIpc) is 3.11. The van der Waals surface area contributed by atoms with Crippen molar-refractivity contribution in [2.75, 3.05) is 16.9 Å². The smallest absolute Gasteiger partial charge is 0.238 e. The van der Waals surface area contributed by atoms with Crippen molar-refractivity contribution >= 4 is 35.1 Å². The second-order valence-corrected chi connectivity index (χ2v) is 8.06. The van der Waals surface area contributed by atoms with Gasteiger partial charge in [0.05, 0.1) is 5.75 Å². The normalized spacial score (nSPS) is 16.6. The molecule has 5 heteroatoms. The van der Waals surface area contributed by atoms with Gasteiger partial charge in [-0.15, -0.1) is 23.5 Å². The Morgan fingerprint density at radius 3 is 2.26 bits per heavy atom. The Labute approximate surface area is 167 Å². The molecule has 0 radical (unpaired) electrons. The van der Waals surface area contributed by atoms with Gasteiger partial charge in [-0.25, -0.2) is 0 Å². The minimum absolute atomic E-state index is 0.00861. The zero-order valence-electron chi connectivity index (χ0n) is 14.9. The molecule has 0 spiro atoms. The molecule has 0 aliphatic carbocycles. The molecule has 3 aromatic carbocycles. The Morgan fingerprint density at radius 2 is 1.59 bits per heavy atom. The molecule has 0 aromatic heterocycles. The number of nitrogens with zero attached hydrogens (tertiary/aromatic N) is 1. The molecule has 4 rings (SSSR count). The molecule has 1 atom stereocenters. The van der Waals surface area contributed by atoms with Gasteiger partial charge in [-0.3, -0.25) is 9.69 Å². The number of benzene rings is 3. The topological polar surface area (TPSA) is 29.5 Å². The van der Waals surface area contributed by atoms with Crippen molar-refractivity contribution in [1.82, 2.24) is 0 Å². The number of carbonyl (C=O) groups is 1. The molecular weight excluding hydrogens is 374 g/mol. The van der Waals surface area contributed by atoms with E-state index in [0.717, 1.165) is 22.7 Å². The first-order valence-electron chi connectivity index (χ1n) is 8.65. The lowest BCUT2D eigenvalue weighted by Gasteiger charge is -2.24. The highest BCUT2D eigenvalue weighted by atomic mass is 32.2. The lowest BCUT2D eigenvalue weighted by atomic mass is 10.2. The monoisotopic (exact) mass is 393 g/mol. The van der Waals surface area contributed by atoms with Crippen molar-refractivity contribution < 1.29 is 9.53 Å². The standard InChI is InChI=1S/C22H19NO2S2/c1-26-20-13-7-16(8-14-20)22-23(21(24)15-27-22)17-9-11-19(12-10-17)25-18-5-3-2-4-6-18/h2-14,22H,15H2,1H3/t22-/m0/s1. The van der Waals surface area contributed by atoms with E-state index in [1.165, 1.54) is 4.90 Å². The minimum atomic E-state index is 0.00861. The summed E-state index contributed by atoms with van der Waals surface area (Å²) in [6.45, 7) is 0. The van der Waals surface area contributed by atoms with Crippen LogP contribution in [0.3, 0.4) is 0 Å². The number of para-hydroxylation sites is 1. The van der Waals surface area contributed by atoms with Gasteiger partial charge >= 0.3 is 0 Å². The molecule has 27 heavy (non-hydrogen) atoms. The van der Waals surface area contributed by atoms with Gasteiger partial charge in [0.1, 0.15) is 16.9 Å². The number of carbonyl (C=O) groups excluding carboxylic acids is 1. The van der Waals surface area contributed by atoms with Gasteiger partial charge < -0.3 is 4.74 Å². The summed E-state index contributed by atoms with van der Waals surface area (Å²) in [7, 11) is 0. The summed E-state index contributed by atoms with van der Waals surface area (Å²) >= 11 is 3.38. The molecule has 136 valence electrons. The molecular formula is C22H19NO2S2. The lowest BCUT2D eigenvalue weighted by molar-refractivity contribution is -0.115. The minimum Gasteiger partial charge on any atom is -0.457 e. The maximum absolute atomic E-state index is 12.5. The van der Waals surface area contributed by atoms with Crippen LogP contribution in [-0.2, 0) is 4.79 Å². The first kappa shape index (κ1) is 18.0. The second kappa shape index (κ2) is 8.11. The van der Waals surface area contributed by atoms with Crippen LogP contribution in [0.1, 0.15) is 10.9 Å². The van der Waals surface area contributed by atoms with Gasteiger partial charge in [0.25, 0.3) is 0 Å². The van der Waals surface area contributed by atoms with E-state index in [0.29, 0.717) is 5.75 Å². The zero-order chi connectivity index (χ0) is 18.6. The third-order valence-corrected chi connectivity index (χ3v) is 6.32. The first-order valence-corrected chi connectivity index (χ1v) is 10.9. The van der Waals surface area contributed by atoms with Crippen LogP contribution < -0.4 is 9.64 Å². The van der Waals surface area contributed by atoms with E-state index >= 15 is 0 Å². The fraction of sp³-hybridized carbons (Fsp3) is 0.136. The quantitative estimate of drug-likeness (QED) is 0.499. The lowest BCUT2D eigenvalue weighted by Crippen LogP contribution is -2.27. The van der Waals surface area contributed by atoms with Crippen LogP contribution in [0.25, 0.3) is 0 Å². The van der Waals surface area contributed by atoms with Crippen molar-refractivity contribution in [3.63, 3.8) is 0 Å². The summed E-state index contributed by atoms with van der Waals surface area (Å²) in [5, 5.41) is 0.00861. The Morgan fingerprint density at radius 1 is 0.926 bits per heavy atom. The summed E-state index contributed by atoms with van der Waals surface area (Å²) in [6, 6.07) is 25.8. The Balaban J connectivity index is 1.55. The van der Waals surface area contributed by atoms with Crippen molar-refractivity contribution in [3.8, 4) is 11.5 Å². The van der Waals surface area contributed by atoms with E-state index in [1.807, 2.05) is 59.5 Å². The summed E-state index contributed by atoms with van der Waals surface area (Å²) in [5.41, 5.74) is 2.04. The molecule has 1 fully saturated rings. The highest BCUT2D eigenvalue weighted by molar-refractivity contribution is 8.00. The van der Waals surface area contributed by atoms with E-state index in [-0.39, 0.29) is 11.3 Å². The molecule has 1 saturated heterocycles. The fourth-order valence-corrected chi connectivity index (χ4v) is 4.60. The summed E-state index contributed by atoms with van der Waals surface area (Å²) < 4.78 is 5.85. The first-order chi connectivity index (χ1) is 13.2. The molecule has 0 N–H and O–H groups in total. The molecule has 1 aliphatic rings. The SMILES string of the molecule is CSc1ccc([C@@H]2SCC(=O)N2c2ccc(Oc3ccccc3)cc2)cc1. The molecule has 1 aliphatic heterocycles. The second-order valence-electron chi connectivity index (χ2n) is 6.11. The largest absolute Gasteiger partial charge is 0.457 e.